The summed E-state index contributed by atoms with van der Waals surface area (Å²) in [6, 6.07) is 11.0. The van der Waals surface area contributed by atoms with E-state index >= 15 is 0 Å². The highest BCUT2D eigenvalue weighted by Crippen LogP contribution is 2.35. The lowest BCUT2D eigenvalue weighted by molar-refractivity contribution is -0.144. The first-order chi connectivity index (χ1) is 14.8. The van der Waals surface area contributed by atoms with Gasteiger partial charge in [0.1, 0.15) is 21.9 Å². The second-order valence-electron chi connectivity index (χ2n) is 6.45. The van der Waals surface area contributed by atoms with Crippen molar-refractivity contribution in [3.63, 3.8) is 0 Å². The summed E-state index contributed by atoms with van der Waals surface area (Å²) >= 11 is 6.15. The van der Waals surface area contributed by atoms with E-state index in [2.05, 4.69) is 5.32 Å². The molecule has 1 fully saturated rings. The van der Waals surface area contributed by atoms with Gasteiger partial charge in [-0.2, -0.15) is 0 Å². The van der Waals surface area contributed by atoms with Crippen LogP contribution in [0.15, 0.2) is 53.4 Å². The summed E-state index contributed by atoms with van der Waals surface area (Å²) in [6.45, 7) is 1.08. The normalized spacial score (nSPS) is 15.8. The van der Waals surface area contributed by atoms with Gasteiger partial charge in [0.25, 0.3) is 11.8 Å². The molecule has 0 saturated carbocycles. The molecule has 0 bridgehead atoms. The maximum atomic E-state index is 13.0. The van der Waals surface area contributed by atoms with Gasteiger partial charge in [-0.05, 0) is 43.3 Å². The molecule has 1 aliphatic rings. The number of ether oxygens (including phenoxy) is 1. The minimum atomic E-state index is -1.16. The van der Waals surface area contributed by atoms with Crippen molar-refractivity contribution in [1.82, 2.24) is 4.90 Å². The fourth-order valence-corrected chi connectivity index (χ4v) is 4.08. The molecule has 7 nitrogen and oxygen atoms in total. The van der Waals surface area contributed by atoms with E-state index in [1.165, 1.54) is 31.2 Å². The van der Waals surface area contributed by atoms with Gasteiger partial charge in [0.2, 0.25) is 0 Å². The van der Waals surface area contributed by atoms with Crippen LogP contribution in [0.3, 0.4) is 0 Å². The van der Waals surface area contributed by atoms with Crippen molar-refractivity contribution in [2.45, 2.75) is 13.0 Å². The monoisotopic (exact) mass is 460 g/mol. The Labute approximate surface area is 186 Å². The van der Waals surface area contributed by atoms with E-state index in [0.717, 1.165) is 16.7 Å². The standard InChI is InChI=1S/C21H17FN2O5S2/c1-12(20(27)28)24-19(26)17(31-21(24)30)10-13-4-2-3-5-16(13)29-11-18(25)23-15-8-6-14(22)7-9-15/h2-10,12H,11H2,1H3,(H,23,25)(H,27,28)/b17-10-. The average molecular weight is 461 g/mol. The Balaban J connectivity index is 1.71. The molecule has 2 amide bonds. The summed E-state index contributed by atoms with van der Waals surface area (Å²) in [4.78, 5) is 37.3. The fourth-order valence-electron chi connectivity index (χ4n) is 2.67. The molecule has 1 atom stereocenters. The van der Waals surface area contributed by atoms with Crippen molar-refractivity contribution in [1.29, 1.82) is 0 Å². The second-order valence-corrected chi connectivity index (χ2v) is 8.12. The SMILES string of the molecule is CC(C(=O)O)N1C(=O)/C(=C/c2ccccc2OCC(=O)Nc2ccc(F)cc2)SC1=S. The number of carboxylic acid groups (broad SMARTS) is 1. The largest absolute Gasteiger partial charge is 0.483 e. The minimum Gasteiger partial charge on any atom is -0.483 e. The summed E-state index contributed by atoms with van der Waals surface area (Å²) in [7, 11) is 0. The molecule has 0 aromatic heterocycles. The molecule has 2 aromatic carbocycles. The van der Waals surface area contributed by atoms with E-state index < -0.39 is 29.6 Å². The molecule has 2 aromatic rings. The van der Waals surface area contributed by atoms with Gasteiger partial charge in [-0.15, -0.1) is 0 Å². The van der Waals surface area contributed by atoms with Crippen LogP contribution in [0.4, 0.5) is 10.1 Å². The van der Waals surface area contributed by atoms with Gasteiger partial charge in [0, 0.05) is 11.3 Å². The molecule has 3 rings (SSSR count). The first-order valence-corrected chi connectivity index (χ1v) is 10.3. The zero-order valence-corrected chi connectivity index (χ0v) is 17.8. The van der Waals surface area contributed by atoms with Crippen LogP contribution in [0.2, 0.25) is 0 Å². The second kappa shape index (κ2) is 9.71. The number of nitrogens with one attached hydrogen (secondary N) is 1. The van der Waals surface area contributed by atoms with Gasteiger partial charge in [0.15, 0.2) is 6.61 Å². The average Bonchev–Trinajstić information content (AvgIpc) is 3.01. The Bertz CT molecular complexity index is 1070. The molecule has 0 spiro atoms. The van der Waals surface area contributed by atoms with Crippen LogP contribution in [0, 0.1) is 5.82 Å². The highest BCUT2D eigenvalue weighted by atomic mass is 32.2. The summed E-state index contributed by atoms with van der Waals surface area (Å²) in [5, 5.41) is 11.8. The zero-order valence-electron chi connectivity index (χ0n) is 16.2. The van der Waals surface area contributed by atoms with Crippen LogP contribution in [0.25, 0.3) is 6.08 Å². The number of halogens is 1. The first-order valence-electron chi connectivity index (χ1n) is 9.03. The quantitative estimate of drug-likeness (QED) is 0.482. The van der Waals surface area contributed by atoms with Gasteiger partial charge in [-0.3, -0.25) is 14.5 Å². The van der Waals surface area contributed by atoms with Crippen LogP contribution >= 0.6 is 24.0 Å². The van der Waals surface area contributed by atoms with E-state index in [9.17, 15) is 23.9 Å². The van der Waals surface area contributed by atoms with Gasteiger partial charge in [-0.25, -0.2) is 9.18 Å². The summed E-state index contributed by atoms with van der Waals surface area (Å²) in [5.41, 5.74) is 0.958. The fraction of sp³-hybridized carbons (Fsp3) is 0.143. The zero-order chi connectivity index (χ0) is 22.5. The molecule has 1 saturated heterocycles. The van der Waals surface area contributed by atoms with Crippen molar-refractivity contribution in [2.75, 3.05) is 11.9 Å². The van der Waals surface area contributed by atoms with Crippen molar-refractivity contribution in [3.05, 3.63) is 64.8 Å². The molecule has 1 aliphatic heterocycles. The van der Waals surface area contributed by atoms with Crippen molar-refractivity contribution < 1.29 is 28.6 Å². The number of nitrogens with zero attached hydrogens (tertiary/aromatic N) is 1. The Morgan fingerprint density at radius 3 is 2.61 bits per heavy atom. The number of thioether (sulfide) groups is 1. The molecule has 10 heteroatoms. The minimum absolute atomic E-state index is 0.156. The van der Waals surface area contributed by atoms with Gasteiger partial charge >= 0.3 is 5.97 Å². The number of thiocarbonyl (C=S) groups is 1. The molecule has 1 unspecified atom stereocenters. The number of benzene rings is 2. The third-order valence-corrected chi connectivity index (χ3v) is 5.59. The lowest BCUT2D eigenvalue weighted by atomic mass is 10.1. The van der Waals surface area contributed by atoms with E-state index in [-0.39, 0.29) is 15.8 Å². The van der Waals surface area contributed by atoms with Crippen molar-refractivity contribution in [3.8, 4) is 5.75 Å². The number of rotatable bonds is 7. The summed E-state index contributed by atoms with van der Waals surface area (Å²) < 4.78 is 18.7. The molecule has 31 heavy (non-hydrogen) atoms. The molecular weight excluding hydrogens is 443 g/mol. The summed E-state index contributed by atoms with van der Waals surface area (Å²) in [5.74, 6) is -2.16. The smallest absolute Gasteiger partial charge is 0.326 e. The number of hydrogen-bond acceptors (Lipinski definition) is 6. The number of carboxylic acids is 1. The predicted octanol–water partition coefficient (Wildman–Crippen LogP) is 3.52. The van der Waals surface area contributed by atoms with Crippen molar-refractivity contribution in [2.24, 2.45) is 0 Å². The lowest BCUT2D eigenvalue weighted by Crippen LogP contribution is -2.41. The van der Waals surface area contributed by atoms with Crippen LogP contribution in [0.5, 0.6) is 5.75 Å². The number of carbonyl (C=O) groups is 3. The van der Waals surface area contributed by atoms with E-state index in [1.807, 2.05) is 0 Å². The Kier molecular flexibility index (Phi) is 7.03. The Morgan fingerprint density at radius 1 is 1.26 bits per heavy atom. The third kappa shape index (κ3) is 5.47. The Morgan fingerprint density at radius 2 is 1.94 bits per heavy atom. The van der Waals surface area contributed by atoms with Gasteiger partial charge in [0.05, 0.1) is 4.91 Å². The number of aliphatic carboxylic acids is 1. The molecular formula is C21H17FN2O5S2. The van der Waals surface area contributed by atoms with E-state index in [1.54, 1.807) is 30.3 Å². The predicted molar refractivity (Wildman–Crippen MR) is 119 cm³/mol. The van der Waals surface area contributed by atoms with Crippen LogP contribution in [-0.2, 0) is 14.4 Å². The van der Waals surface area contributed by atoms with Crippen LogP contribution in [-0.4, -0.2) is 44.8 Å². The molecule has 1 heterocycles. The molecule has 160 valence electrons. The topological polar surface area (TPSA) is 95.9 Å². The maximum Gasteiger partial charge on any atom is 0.326 e. The van der Waals surface area contributed by atoms with Crippen molar-refractivity contribution >= 4 is 57.8 Å². The number of hydrogen-bond donors (Lipinski definition) is 2. The number of para-hydroxylation sites is 1. The highest BCUT2D eigenvalue weighted by Gasteiger charge is 2.38. The van der Waals surface area contributed by atoms with E-state index in [0.29, 0.717) is 17.0 Å². The van der Waals surface area contributed by atoms with Crippen LogP contribution in [0.1, 0.15) is 12.5 Å². The highest BCUT2D eigenvalue weighted by molar-refractivity contribution is 8.26. The molecule has 0 radical (unpaired) electrons. The number of amides is 2. The van der Waals surface area contributed by atoms with E-state index in [4.69, 9.17) is 17.0 Å². The first kappa shape index (κ1) is 22.4. The summed E-state index contributed by atoms with van der Waals surface area (Å²) in [6.07, 6.45) is 1.54. The van der Waals surface area contributed by atoms with Gasteiger partial charge in [-0.1, -0.05) is 42.2 Å². The molecule has 0 aliphatic carbocycles. The lowest BCUT2D eigenvalue weighted by Gasteiger charge is -2.18. The van der Waals surface area contributed by atoms with Gasteiger partial charge < -0.3 is 15.2 Å². The Hall–Kier alpha value is -3.24. The van der Waals surface area contributed by atoms with Crippen LogP contribution < -0.4 is 10.1 Å². The molecule has 2 N–H and O–H groups in total. The third-order valence-electron chi connectivity index (χ3n) is 4.26. The number of carbonyl (C=O) groups excluding carboxylic acids is 2. The number of anilines is 1. The maximum absolute atomic E-state index is 13.0.